The number of hydrogen-bond acceptors (Lipinski definition) is 4. The van der Waals surface area contributed by atoms with Gasteiger partial charge in [0, 0.05) is 33.4 Å². The van der Waals surface area contributed by atoms with Gasteiger partial charge in [0.15, 0.2) is 17.5 Å². The van der Waals surface area contributed by atoms with Crippen molar-refractivity contribution < 1.29 is 4.42 Å². The van der Waals surface area contributed by atoms with Gasteiger partial charge in [-0.05, 0) is 64.2 Å². The number of hydrogen-bond donors (Lipinski definition) is 0. The predicted molar refractivity (Wildman–Crippen MR) is 183 cm³/mol. The Labute approximate surface area is 260 Å². The Morgan fingerprint density at radius 3 is 2.33 bits per heavy atom. The molecule has 0 aliphatic heterocycles. The third kappa shape index (κ3) is 4.50. The van der Waals surface area contributed by atoms with E-state index in [1.54, 1.807) is 0 Å². The Hall–Kier alpha value is -5.87. The van der Waals surface area contributed by atoms with Crippen molar-refractivity contribution in [1.82, 2.24) is 15.0 Å². The molecule has 0 radical (unpaired) electrons. The largest absolute Gasteiger partial charge is 0.456 e. The first-order valence-electron chi connectivity index (χ1n) is 15.3. The van der Waals surface area contributed by atoms with E-state index in [4.69, 9.17) is 19.4 Å². The third-order valence-electron chi connectivity index (χ3n) is 8.81. The third-order valence-corrected chi connectivity index (χ3v) is 8.81. The van der Waals surface area contributed by atoms with Crippen LogP contribution < -0.4 is 0 Å². The van der Waals surface area contributed by atoms with E-state index in [9.17, 15) is 0 Å². The Bertz CT molecular complexity index is 2410. The molecule has 7 aromatic rings. The summed E-state index contributed by atoms with van der Waals surface area (Å²) in [6.45, 7) is 0. The second kappa shape index (κ2) is 10.4. The molecule has 212 valence electrons. The van der Waals surface area contributed by atoms with Crippen LogP contribution in [0, 0.1) is 5.92 Å². The average molecular weight is 578 g/mol. The summed E-state index contributed by atoms with van der Waals surface area (Å²) in [4.78, 5) is 15.4. The number of allylic oxidation sites excluding steroid dienone is 8. The molecule has 1 atom stereocenters. The average Bonchev–Trinajstić information content (AvgIpc) is 3.49. The van der Waals surface area contributed by atoms with Crippen LogP contribution >= 0.6 is 0 Å². The van der Waals surface area contributed by atoms with Gasteiger partial charge in [-0.3, -0.25) is 0 Å². The smallest absolute Gasteiger partial charge is 0.164 e. The highest BCUT2D eigenvalue weighted by Gasteiger charge is 2.22. The van der Waals surface area contributed by atoms with E-state index in [-0.39, 0.29) is 0 Å². The molecule has 2 aromatic heterocycles. The second-order valence-electron chi connectivity index (χ2n) is 11.6. The number of benzene rings is 5. The molecule has 0 saturated heterocycles. The summed E-state index contributed by atoms with van der Waals surface area (Å²) in [6, 6.07) is 37.7. The van der Waals surface area contributed by atoms with Gasteiger partial charge in [-0.25, -0.2) is 15.0 Å². The number of furan rings is 1. The van der Waals surface area contributed by atoms with Crippen LogP contribution in [0.2, 0.25) is 0 Å². The first kappa shape index (κ1) is 25.6. The fourth-order valence-electron chi connectivity index (χ4n) is 6.53. The van der Waals surface area contributed by atoms with Crippen LogP contribution in [0.1, 0.15) is 12.2 Å². The molecule has 9 rings (SSSR count). The lowest BCUT2D eigenvalue weighted by Gasteiger charge is -2.20. The molecule has 0 saturated carbocycles. The molecular formula is C41H27N3O. The molecule has 5 aromatic carbocycles. The van der Waals surface area contributed by atoms with Crippen LogP contribution in [-0.4, -0.2) is 15.0 Å². The maximum absolute atomic E-state index is 6.48. The molecule has 0 amide bonds. The maximum Gasteiger partial charge on any atom is 0.164 e. The first-order valence-corrected chi connectivity index (χ1v) is 15.3. The predicted octanol–water partition coefficient (Wildman–Crippen LogP) is 10.4. The van der Waals surface area contributed by atoms with Gasteiger partial charge in [0.1, 0.15) is 11.2 Å². The molecule has 4 nitrogen and oxygen atoms in total. The minimum absolute atomic E-state index is 0.393. The molecule has 0 N–H and O–H groups in total. The summed E-state index contributed by atoms with van der Waals surface area (Å²) >= 11 is 0. The second-order valence-corrected chi connectivity index (χ2v) is 11.6. The summed E-state index contributed by atoms with van der Waals surface area (Å²) in [5, 5.41) is 4.44. The quantitative estimate of drug-likeness (QED) is 0.209. The van der Waals surface area contributed by atoms with Gasteiger partial charge in [0.2, 0.25) is 0 Å². The van der Waals surface area contributed by atoms with E-state index < -0.39 is 0 Å². The van der Waals surface area contributed by atoms with E-state index >= 15 is 0 Å². The Morgan fingerprint density at radius 1 is 0.600 bits per heavy atom. The fourth-order valence-corrected chi connectivity index (χ4v) is 6.53. The maximum atomic E-state index is 6.48. The van der Waals surface area contributed by atoms with Gasteiger partial charge in [-0.2, -0.15) is 0 Å². The zero-order chi connectivity index (χ0) is 29.7. The van der Waals surface area contributed by atoms with Gasteiger partial charge in [0.25, 0.3) is 0 Å². The molecule has 1 unspecified atom stereocenters. The molecule has 2 aliphatic rings. The van der Waals surface area contributed by atoms with E-state index in [0.29, 0.717) is 23.4 Å². The lowest BCUT2D eigenvalue weighted by Crippen LogP contribution is -2.08. The summed E-state index contributed by atoms with van der Waals surface area (Å²) in [5.41, 5.74) is 7.96. The highest BCUT2D eigenvalue weighted by atomic mass is 16.3. The van der Waals surface area contributed by atoms with Crippen LogP contribution in [-0.2, 0) is 0 Å². The molecule has 2 aliphatic carbocycles. The fraction of sp³-hybridized carbons (Fsp3) is 0.0488. The summed E-state index contributed by atoms with van der Waals surface area (Å²) in [6.07, 6.45) is 14.0. The summed E-state index contributed by atoms with van der Waals surface area (Å²) < 4.78 is 6.48. The molecule has 0 bridgehead atoms. The van der Waals surface area contributed by atoms with Gasteiger partial charge in [-0.1, -0.05) is 115 Å². The topological polar surface area (TPSA) is 51.8 Å². The van der Waals surface area contributed by atoms with Crippen LogP contribution in [0.5, 0.6) is 0 Å². The lowest BCUT2D eigenvalue weighted by molar-refractivity contribution is 0.669. The molecule has 0 spiro atoms. The van der Waals surface area contributed by atoms with Gasteiger partial charge >= 0.3 is 0 Å². The van der Waals surface area contributed by atoms with E-state index in [1.807, 2.05) is 36.4 Å². The van der Waals surface area contributed by atoms with E-state index in [0.717, 1.165) is 56.2 Å². The van der Waals surface area contributed by atoms with Crippen LogP contribution in [0.25, 0.3) is 72.2 Å². The molecule has 2 heterocycles. The Morgan fingerprint density at radius 2 is 1.40 bits per heavy atom. The van der Waals surface area contributed by atoms with Crippen LogP contribution in [0.3, 0.4) is 0 Å². The van der Waals surface area contributed by atoms with Crippen molar-refractivity contribution in [2.75, 3.05) is 0 Å². The standard InChI is InChI=1S/C41H27N3O/c1-2-12-28(13-3-1)39-42-40(32-21-19-27-11-5-7-15-30(27)23-32)44-41(43-39)35-24-33(31-20-18-26-10-4-6-14-29(26)22-31)25-37-38(35)34-16-8-9-17-36(34)45-37/h1-18,20-25,27H,19H2. The zero-order valence-electron chi connectivity index (χ0n) is 24.4. The van der Waals surface area contributed by atoms with Gasteiger partial charge in [-0.15, -0.1) is 0 Å². The highest BCUT2D eigenvalue weighted by molar-refractivity contribution is 6.13. The van der Waals surface area contributed by atoms with Gasteiger partial charge < -0.3 is 4.42 Å². The summed E-state index contributed by atoms with van der Waals surface area (Å²) in [5.74, 6) is 2.33. The molecule has 0 fully saturated rings. The number of nitrogens with zero attached hydrogens (tertiary/aromatic N) is 3. The van der Waals surface area contributed by atoms with Crippen LogP contribution in [0.15, 0.2) is 156 Å². The van der Waals surface area contributed by atoms with Crippen molar-refractivity contribution in [2.24, 2.45) is 5.92 Å². The van der Waals surface area contributed by atoms with Crippen molar-refractivity contribution in [3.8, 4) is 33.9 Å². The molecule has 4 heteroatoms. The molecular weight excluding hydrogens is 550 g/mol. The first-order chi connectivity index (χ1) is 22.3. The summed E-state index contributed by atoms with van der Waals surface area (Å²) in [7, 11) is 0. The van der Waals surface area contributed by atoms with Crippen molar-refractivity contribution in [2.45, 2.75) is 6.42 Å². The van der Waals surface area contributed by atoms with Gasteiger partial charge in [0.05, 0.1) is 0 Å². The number of para-hydroxylation sites is 1. The SMILES string of the molecule is C1=CC2=CC(c3nc(-c4ccccc4)nc(-c4cc(-c5ccc6ccccc6c5)cc5oc6ccccc6c45)n3)=CCC2C=C1. The van der Waals surface area contributed by atoms with E-state index in [2.05, 4.69) is 109 Å². The van der Waals surface area contributed by atoms with Crippen molar-refractivity contribution in [1.29, 1.82) is 0 Å². The monoisotopic (exact) mass is 577 g/mol. The van der Waals surface area contributed by atoms with Crippen molar-refractivity contribution in [3.05, 3.63) is 157 Å². The lowest BCUT2D eigenvalue weighted by atomic mass is 9.85. The number of rotatable bonds is 4. The van der Waals surface area contributed by atoms with Crippen LogP contribution in [0.4, 0.5) is 0 Å². The minimum atomic E-state index is 0.393. The number of fused-ring (bicyclic) bond motifs is 5. The van der Waals surface area contributed by atoms with Crippen molar-refractivity contribution in [3.63, 3.8) is 0 Å². The Kier molecular flexibility index (Phi) is 5.91. The minimum Gasteiger partial charge on any atom is -0.456 e. The van der Waals surface area contributed by atoms with Crippen molar-refractivity contribution >= 4 is 38.3 Å². The Balaban J connectivity index is 1.30. The normalized spacial score (nSPS) is 15.8. The highest BCUT2D eigenvalue weighted by Crippen LogP contribution is 2.40. The zero-order valence-corrected chi connectivity index (χ0v) is 24.4. The number of aromatic nitrogens is 3. The molecule has 45 heavy (non-hydrogen) atoms. The van der Waals surface area contributed by atoms with E-state index in [1.165, 1.54) is 16.3 Å².